The molecule has 2 atom stereocenters. The predicted octanol–water partition coefficient (Wildman–Crippen LogP) is 1.97. The van der Waals surface area contributed by atoms with Crippen LogP contribution in [0.25, 0.3) is 0 Å². The van der Waals surface area contributed by atoms with Crippen molar-refractivity contribution in [2.45, 2.75) is 19.4 Å². The third-order valence-corrected chi connectivity index (χ3v) is 3.82. The van der Waals surface area contributed by atoms with Crippen LogP contribution in [0, 0.1) is 11.7 Å². The number of likely N-dealkylation sites (tertiary alicyclic amines) is 1. The highest BCUT2D eigenvalue weighted by atomic mass is 19.1. The minimum atomic E-state index is -0.252. The number of nitrogens with zero attached hydrogens (tertiary/aromatic N) is 1. The molecule has 1 aliphatic heterocycles. The Kier molecular flexibility index (Phi) is 5.70. The first-order chi connectivity index (χ1) is 10.1. The highest BCUT2D eigenvalue weighted by Crippen LogP contribution is 2.35. The van der Waals surface area contributed by atoms with Crippen LogP contribution in [0.4, 0.5) is 4.39 Å². The van der Waals surface area contributed by atoms with E-state index in [1.807, 2.05) is 11.0 Å². The van der Waals surface area contributed by atoms with E-state index < -0.39 is 0 Å². The Balaban J connectivity index is 2.01. The molecule has 1 aromatic carbocycles. The normalized spacial score (nSPS) is 21.8. The summed E-state index contributed by atoms with van der Waals surface area (Å²) in [6, 6.07) is 6.53. The number of nitrogens with one attached hydrogen (secondary N) is 1. The van der Waals surface area contributed by atoms with Gasteiger partial charge in [0.1, 0.15) is 5.82 Å². The number of carbonyl (C=O) groups is 1. The molecule has 0 aromatic heterocycles. The summed E-state index contributed by atoms with van der Waals surface area (Å²) in [5, 5.41) is 3.07. The largest absolute Gasteiger partial charge is 0.383 e. The van der Waals surface area contributed by atoms with Crippen molar-refractivity contribution in [3.8, 4) is 0 Å². The number of hydrogen-bond acceptors (Lipinski definition) is 3. The fraction of sp³-hybridized carbons (Fsp3) is 0.562. The lowest BCUT2D eigenvalue weighted by atomic mass is 10.0. The minimum absolute atomic E-state index is 0.0209. The molecular weight excluding hydrogens is 271 g/mol. The highest BCUT2D eigenvalue weighted by molar-refractivity contribution is 5.79. The Labute approximate surface area is 125 Å². The molecule has 5 heteroatoms. The molecule has 1 fully saturated rings. The summed E-state index contributed by atoms with van der Waals surface area (Å²) in [4.78, 5) is 14.2. The van der Waals surface area contributed by atoms with Gasteiger partial charge in [-0.05, 0) is 30.0 Å². The molecule has 4 nitrogen and oxygen atoms in total. The number of methoxy groups -OCH3 is 1. The topological polar surface area (TPSA) is 41.6 Å². The molecule has 1 N–H and O–H groups in total. The Hall–Kier alpha value is -1.46. The van der Waals surface area contributed by atoms with E-state index in [4.69, 9.17) is 4.74 Å². The van der Waals surface area contributed by atoms with Gasteiger partial charge in [0.15, 0.2) is 0 Å². The van der Waals surface area contributed by atoms with Crippen molar-refractivity contribution in [2.75, 3.05) is 33.4 Å². The summed E-state index contributed by atoms with van der Waals surface area (Å²) < 4.78 is 18.3. The smallest absolute Gasteiger partial charge is 0.237 e. The number of carbonyl (C=O) groups excluding carboxylic acids is 1. The molecule has 0 aliphatic carbocycles. The summed E-state index contributed by atoms with van der Waals surface area (Å²) in [7, 11) is 1.63. The second-order valence-corrected chi connectivity index (χ2v) is 5.63. The Morgan fingerprint density at radius 3 is 3.05 bits per heavy atom. The lowest BCUT2D eigenvalue weighted by Gasteiger charge is -2.25. The number of rotatable bonds is 6. The van der Waals surface area contributed by atoms with E-state index in [9.17, 15) is 9.18 Å². The summed E-state index contributed by atoms with van der Waals surface area (Å²) in [5.74, 6) is 0.239. The average Bonchev–Trinajstić information content (AvgIpc) is 2.85. The van der Waals surface area contributed by atoms with Gasteiger partial charge in [-0.1, -0.05) is 19.1 Å². The van der Waals surface area contributed by atoms with E-state index in [1.54, 1.807) is 13.2 Å². The van der Waals surface area contributed by atoms with Crippen LogP contribution in [0.2, 0.25) is 0 Å². The Bertz CT molecular complexity index is 481. The molecule has 0 saturated carbocycles. The van der Waals surface area contributed by atoms with Crippen LogP contribution >= 0.6 is 0 Å². The molecule has 0 spiro atoms. The van der Waals surface area contributed by atoms with Crippen LogP contribution < -0.4 is 5.32 Å². The number of benzene rings is 1. The SMILES string of the molecule is COCCNCC(=O)N1CC(C)CC1c1cccc(F)c1. The molecule has 2 unspecified atom stereocenters. The van der Waals surface area contributed by atoms with Crippen LogP contribution in [0.5, 0.6) is 0 Å². The van der Waals surface area contributed by atoms with E-state index in [-0.39, 0.29) is 17.8 Å². The summed E-state index contributed by atoms with van der Waals surface area (Å²) >= 11 is 0. The van der Waals surface area contributed by atoms with Crippen molar-refractivity contribution in [1.82, 2.24) is 10.2 Å². The lowest BCUT2D eigenvalue weighted by molar-refractivity contribution is -0.131. The van der Waals surface area contributed by atoms with Gasteiger partial charge in [0.2, 0.25) is 5.91 Å². The monoisotopic (exact) mass is 294 g/mol. The quantitative estimate of drug-likeness (QED) is 0.816. The number of amides is 1. The maximum atomic E-state index is 13.4. The van der Waals surface area contributed by atoms with Gasteiger partial charge in [-0.15, -0.1) is 0 Å². The molecule has 0 radical (unpaired) electrons. The standard InChI is InChI=1S/C16H23FN2O2/c1-12-8-15(13-4-3-5-14(17)9-13)19(11-12)16(20)10-18-6-7-21-2/h3-5,9,12,15,18H,6-8,10-11H2,1-2H3. The fourth-order valence-electron chi connectivity index (χ4n) is 2.82. The predicted molar refractivity (Wildman–Crippen MR) is 79.4 cm³/mol. The van der Waals surface area contributed by atoms with Crippen molar-refractivity contribution >= 4 is 5.91 Å². The third-order valence-electron chi connectivity index (χ3n) is 3.82. The molecule has 1 aliphatic rings. The van der Waals surface area contributed by atoms with E-state index in [2.05, 4.69) is 12.2 Å². The maximum Gasteiger partial charge on any atom is 0.237 e. The first-order valence-electron chi connectivity index (χ1n) is 7.36. The van der Waals surface area contributed by atoms with Crippen LogP contribution in [0.15, 0.2) is 24.3 Å². The molecule has 1 heterocycles. The summed E-state index contributed by atoms with van der Waals surface area (Å²) in [6.07, 6.45) is 0.882. The van der Waals surface area contributed by atoms with Crippen molar-refractivity contribution < 1.29 is 13.9 Å². The zero-order valence-electron chi connectivity index (χ0n) is 12.6. The number of halogens is 1. The van der Waals surface area contributed by atoms with E-state index in [0.29, 0.717) is 25.6 Å². The van der Waals surface area contributed by atoms with Gasteiger partial charge in [0.05, 0.1) is 19.2 Å². The summed E-state index contributed by atoms with van der Waals surface area (Å²) in [5.41, 5.74) is 0.879. The van der Waals surface area contributed by atoms with Gasteiger partial charge in [0, 0.05) is 20.2 Å². The van der Waals surface area contributed by atoms with Gasteiger partial charge < -0.3 is 15.0 Å². The Morgan fingerprint density at radius 1 is 1.52 bits per heavy atom. The van der Waals surface area contributed by atoms with Crippen LogP contribution in [0.1, 0.15) is 24.9 Å². The summed E-state index contributed by atoms with van der Waals surface area (Å²) in [6.45, 7) is 4.37. The van der Waals surface area contributed by atoms with Crippen LogP contribution in [-0.4, -0.2) is 44.2 Å². The van der Waals surface area contributed by atoms with Crippen LogP contribution in [0.3, 0.4) is 0 Å². The minimum Gasteiger partial charge on any atom is -0.383 e. The number of hydrogen-bond donors (Lipinski definition) is 1. The molecule has 1 saturated heterocycles. The molecule has 1 aromatic rings. The number of ether oxygens (including phenoxy) is 1. The van der Waals surface area contributed by atoms with E-state index >= 15 is 0 Å². The van der Waals surface area contributed by atoms with Crippen molar-refractivity contribution in [1.29, 1.82) is 0 Å². The lowest BCUT2D eigenvalue weighted by Crippen LogP contribution is -2.39. The van der Waals surface area contributed by atoms with E-state index in [1.165, 1.54) is 12.1 Å². The van der Waals surface area contributed by atoms with Gasteiger partial charge in [-0.2, -0.15) is 0 Å². The molecule has 116 valence electrons. The molecule has 0 bridgehead atoms. The second-order valence-electron chi connectivity index (χ2n) is 5.63. The van der Waals surface area contributed by atoms with Gasteiger partial charge >= 0.3 is 0 Å². The van der Waals surface area contributed by atoms with Crippen LogP contribution in [-0.2, 0) is 9.53 Å². The second kappa shape index (κ2) is 7.52. The third kappa shape index (κ3) is 4.25. The molecule has 2 rings (SSSR count). The van der Waals surface area contributed by atoms with Crippen molar-refractivity contribution in [3.63, 3.8) is 0 Å². The van der Waals surface area contributed by atoms with Gasteiger partial charge in [0.25, 0.3) is 0 Å². The molecule has 21 heavy (non-hydrogen) atoms. The highest BCUT2D eigenvalue weighted by Gasteiger charge is 2.33. The van der Waals surface area contributed by atoms with E-state index in [0.717, 1.165) is 18.5 Å². The van der Waals surface area contributed by atoms with Crippen molar-refractivity contribution in [3.05, 3.63) is 35.6 Å². The first kappa shape index (κ1) is 15.9. The zero-order valence-corrected chi connectivity index (χ0v) is 12.6. The first-order valence-corrected chi connectivity index (χ1v) is 7.36. The molecular formula is C16H23FN2O2. The van der Waals surface area contributed by atoms with Gasteiger partial charge in [-0.25, -0.2) is 4.39 Å². The fourth-order valence-corrected chi connectivity index (χ4v) is 2.82. The molecule has 1 amide bonds. The van der Waals surface area contributed by atoms with Gasteiger partial charge in [-0.3, -0.25) is 4.79 Å². The Morgan fingerprint density at radius 2 is 2.33 bits per heavy atom. The zero-order chi connectivity index (χ0) is 15.2. The van der Waals surface area contributed by atoms with Crippen molar-refractivity contribution in [2.24, 2.45) is 5.92 Å². The maximum absolute atomic E-state index is 13.4. The average molecular weight is 294 g/mol.